The van der Waals surface area contributed by atoms with Gasteiger partial charge in [-0.3, -0.25) is 4.98 Å². The summed E-state index contributed by atoms with van der Waals surface area (Å²) in [6.07, 6.45) is 2.77. The van der Waals surface area contributed by atoms with E-state index in [1.165, 1.54) is 11.3 Å². The lowest BCUT2D eigenvalue weighted by Crippen LogP contribution is -2.08. The normalized spacial score (nSPS) is 10.4. The maximum Gasteiger partial charge on any atom is 0.206 e. The Morgan fingerprint density at radius 2 is 1.68 bits per heavy atom. The van der Waals surface area contributed by atoms with E-state index >= 15 is 0 Å². The molecule has 112 valence electrons. The Bertz CT molecular complexity index is 684. The van der Waals surface area contributed by atoms with Crippen molar-refractivity contribution in [1.82, 2.24) is 15.2 Å². The highest BCUT2D eigenvalue weighted by Crippen LogP contribution is 2.24. The molecule has 0 fully saturated rings. The Balaban J connectivity index is 1.42. The minimum absolute atomic E-state index is 0.834. The fraction of sp³-hybridized carbons (Fsp3) is 0.188. The Morgan fingerprint density at radius 3 is 2.50 bits per heavy atom. The lowest BCUT2D eigenvalue weighted by molar-refractivity contribution is 0.903. The molecule has 0 aliphatic rings. The lowest BCUT2D eigenvalue weighted by Gasteiger charge is -2.06. The molecule has 2 heterocycles. The van der Waals surface area contributed by atoms with E-state index in [9.17, 15) is 0 Å². The highest BCUT2D eigenvalue weighted by molar-refractivity contribution is 7.18. The van der Waals surface area contributed by atoms with E-state index in [2.05, 4.69) is 37.9 Å². The van der Waals surface area contributed by atoms with E-state index in [4.69, 9.17) is 0 Å². The van der Waals surface area contributed by atoms with Crippen molar-refractivity contribution in [2.75, 3.05) is 23.7 Å². The van der Waals surface area contributed by atoms with Crippen LogP contribution in [0.25, 0.3) is 10.7 Å². The van der Waals surface area contributed by atoms with Gasteiger partial charge in [-0.05, 0) is 30.7 Å². The van der Waals surface area contributed by atoms with Crippen LogP contribution in [0, 0.1) is 0 Å². The summed E-state index contributed by atoms with van der Waals surface area (Å²) in [7, 11) is 0. The molecule has 0 unspecified atom stereocenters. The van der Waals surface area contributed by atoms with Crippen LogP contribution in [0.2, 0.25) is 0 Å². The molecule has 0 atom stereocenters. The second-order valence-electron chi connectivity index (χ2n) is 4.70. The predicted molar refractivity (Wildman–Crippen MR) is 91.2 cm³/mol. The first kappa shape index (κ1) is 14.5. The maximum absolute atomic E-state index is 4.28. The Morgan fingerprint density at radius 1 is 0.864 bits per heavy atom. The van der Waals surface area contributed by atoms with E-state index in [-0.39, 0.29) is 0 Å². The summed E-state index contributed by atoms with van der Waals surface area (Å²) in [6.45, 7) is 1.78. The number of rotatable bonds is 7. The van der Waals surface area contributed by atoms with Gasteiger partial charge in [-0.15, -0.1) is 10.2 Å². The number of hydrogen-bond donors (Lipinski definition) is 2. The maximum atomic E-state index is 4.28. The van der Waals surface area contributed by atoms with Gasteiger partial charge in [0.05, 0.1) is 0 Å². The summed E-state index contributed by atoms with van der Waals surface area (Å²) < 4.78 is 0. The Hall–Kier alpha value is -2.47. The molecule has 22 heavy (non-hydrogen) atoms. The van der Waals surface area contributed by atoms with Crippen LogP contribution >= 0.6 is 11.3 Å². The minimum Gasteiger partial charge on any atom is -0.385 e. The Labute approximate surface area is 133 Å². The highest BCUT2D eigenvalue weighted by atomic mass is 32.1. The molecular formula is C16H17N5S. The number of pyridine rings is 1. The highest BCUT2D eigenvalue weighted by Gasteiger charge is 2.06. The van der Waals surface area contributed by atoms with Gasteiger partial charge in [0.25, 0.3) is 0 Å². The number of benzene rings is 1. The van der Waals surface area contributed by atoms with Crippen LogP contribution in [0.3, 0.4) is 0 Å². The van der Waals surface area contributed by atoms with Crippen molar-refractivity contribution >= 4 is 22.2 Å². The number of hydrogen-bond acceptors (Lipinski definition) is 6. The van der Waals surface area contributed by atoms with Crippen molar-refractivity contribution in [2.24, 2.45) is 0 Å². The van der Waals surface area contributed by atoms with E-state index in [0.717, 1.165) is 41.0 Å². The van der Waals surface area contributed by atoms with Crippen LogP contribution < -0.4 is 10.6 Å². The van der Waals surface area contributed by atoms with Gasteiger partial charge < -0.3 is 10.6 Å². The Kier molecular flexibility index (Phi) is 4.94. The zero-order valence-corrected chi connectivity index (χ0v) is 12.9. The first-order valence-corrected chi connectivity index (χ1v) is 8.01. The van der Waals surface area contributed by atoms with Gasteiger partial charge in [0.2, 0.25) is 5.13 Å². The molecule has 0 radical (unpaired) electrons. The van der Waals surface area contributed by atoms with Gasteiger partial charge in [0, 0.05) is 25.0 Å². The molecular weight excluding hydrogens is 294 g/mol. The fourth-order valence-corrected chi connectivity index (χ4v) is 2.71. The number of nitrogens with zero attached hydrogens (tertiary/aromatic N) is 3. The molecule has 0 aliphatic heterocycles. The molecule has 0 aliphatic carbocycles. The monoisotopic (exact) mass is 311 g/mol. The van der Waals surface area contributed by atoms with Crippen molar-refractivity contribution in [3.8, 4) is 10.7 Å². The number of aromatic nitrogens is 3. The summed E-state index contributed by atoms with van der Waals surface area (Å²) in [4.78, 5) is 4.28. The fourth-order valence-electron chi connectivity index (χ4n) is 1.96. The van der Waals surface area contributed by atoms with Crippen molar-refractivity contribution < 1.29 is 0 Å². The molecule has 0 amide bonds. The predicted octanol–water partition coefficient (Wildman–Crippen LogP) is 3.51. The van der Waals surface area contributed by atoms with Crippen LogP contribution in [0.5, 0.6) is 0 Å². The number of anilines is 2. The van der Waals surface area contributed by atoms with Crippen LogP contribution in [-0.4, -0.2) is 28.3 Å². The molecule has 2 N–H and O–H groups in total. The number of para-hydroxylation sites is 1. The molecule has 5 nitrogen and oxygen atoms in total. The zero-order chi connectivity index (χ0) is 15.0. The lowest BCUT2D eigenvalue weighted by atomic mass is 10.3. The van der Waals surface area contributed by atoms with E-state index in [1.807, 2.05) is 36.4 Å². The van der Waals surface area contributed by atoms with Gasteiger partial charge >= 0.3 is 0 Å². The average molecular weight is 311 g/mol. The summed E-state index contributed by atoms with van der Waals surface area (Å²) in [6, 6.07) is 16.0. The molecule has 3 aromatic rings. The first-order valence-electron chi connectivity index (χ1n) is 7.19. The second kappa shape index (κ2) is 7.51. The third kappa shape index (κ3) is 4.02. The topological polar surface area (TPSA) is 62.7 Å². The van der Waals surface area contributed by atoms with Crippen molar-refractivity contribution in [3.05, 3.63) is 54.7 Å². The molecule has 3 rings (SSSR count). The number of nitrogens with one attached hydrogen (secondary N) is 2. The zero-order valence-electron chi connectivity index (χ0n) is 12.1. The minimum atomic E-state index is 0.834. The summed E-state index contributed by atoms with van der Waals surface area (Å²) >= 11 is 1.52. The first-order chi connectivity index (χ1) is 10.9. The average Bonchev–Trinajstić information content (AvgIpc) is 3.05. The molecule has 2 aromatic heterocycles. The van der Waals surface area contributed by atoms with Gasteiger partial charge in [-0.2, -0.15) is 0 Å². The second-order valence-corrected chi connectivity index (χ2v) is 5.68. The molecule has 0 bridgehead atoms. The van der Waals surface area contributed by atoms with Crippen LogP contribution in [0.4, 0.5) is 10.8 Å². The standard InChI is InChI=1S/C16H17N5S/c1-2-7-13(8-3-1)17-11-6-12-19-16-21-20-15(22-16)14-9-4-5-10-18-14/h1-5,7-10,17H,6,11-12H2,(H,19,21). The summed E-state index contributed by atoms with van der Waals surface area (Å²) in [5, 5.41) is 16.7. The van der Waals surface area contributed by atoms with Crippen LogP contribution in [-0.2, 0) is 0 Å². The van der Waals surface area contributed by atoms with Gasteiger partial charge in [-0.1, -0.05) is 35.6 Å². The molecule has 0 saturated carbocycles. The van der Waals surface area contributed by atoms with Crippen LogP contribution in [0.15, 0.2) is 54.7 Å². The third-order valence-electron chi connectivity index (χ3n) is 3.04. The molecule has 1 aromatic carbocycles. The van der Waals surface area contributed by atoms with Crippen molar-refractivity contribution in [2.45, 2.75) is 6.42 Å². The van der Waals surface area contributed by atoms with Gasteiger partial charge in [0.15, 0.2) is 5.01 Å². The molecule has 6 heteroatoms. The van der Waals surface area contributed by atoms with Crippen molar-refractivity contribution in [1.29, 1.82) is 0 Å². The van der Waals surface area contributed by atoms with E-state index in [1.54, 1.807) is 6.20 Å². The third-order valence-corrected chi connectivity index (χ3v) is 3.95. The SMILES string of the molecule is c1ccc(NCCCNc2nnc(-c3ccccn3)s2)cc1. The molecule has 0 saturated heterocycles. The van der Waals surface area contributed by atoms with Gasteiger partial charge in [-0.25, -0.2) is 0 Å². The summed E-state index contributed by atoms with van der Waals surface area (Å²) in [5.74, 6) is 0. The van der Waals surface area contributed by atoms with E-state index < -0.39 is 0 Å². The van der Waals surface area contributed by atoms with Crippen molar-refractivity contribution in [3.63, 3.8) is 0 Å². The smallest absolute Gasteiger partial charge is 0.206 e. The summed E-state index contributed by atoms with van der Waals surface area (Å²) in [5.41, 5.74) is 2.01. The van der Waals surface area contributed by atoms with Crippen LogP contribution in [0.1, 0.15) is 6.42 Å². The van der Waals surface area contributed by atoms with Gasteiger partial charge in [0.1, 0.15) is 5.69 Å². The molecule has 0 spiro atoms. The van der Waals surface area contributed by atoms with E-state index in [0.29, 0.717) is 0 Å². The largest absolute Gasteiger partial charge is 0.385 e. The quantitative estimate of drug-likeness (QED) is 0.654.